The number of benzene rings is 1. The molecule has 0 aromatic heterocycles. The lowest BCUT2D eigenvalue weighted by molar-refractivity contribution is -0.120. The molecule has 4 heteroatoms. The van der Waals surface area contributed by atoms with Crippen LogP contribution in [0.25, 0.3) is 0 Å². The Labute approximate surface area is 101 Å². The van der Waals surface area contributed by atoms with Gasteiger partial charge in [-0.25, -0.2) is 0 Å². The monoisotopic (exact) mass is 234 g/mol. The van der Waals surface area contributed by atoms with Gasteiger partial charge in [-0.15, -0.1) is 0 Å². The second-order valence-electron chi connectivity index (χ2n) is 4.85. The van der Waals surface area contributed by atoms with E-state index in [4.69, 9.17) is 0 Å². The van der Waals surface area contributed by atoms with Crippen molar-refractivity contribution in [3.63, 3.8) is 0 Å². The van der Waals surface area contributed by atoms with Crippen molar-refractivity contribution in [2.75, 3.05) is 24.5 Å². The van der Waals surface area contributed by atoms with Crippen molar-refractivity contribution in [2.45, 2.75) is 19.4 Å². The molecular weight excluding hydrogens is 216 g/mol. The van der Waals surface area contributed by atoms with E-state index >= 15 is 0 Å². The van der Waals surface area contributed by atoms with Gasteiger partial charge in [0.15, 0.2) is 0 Å². The number of rotatable bonds is 2. The molecule has 1 heterocycles. The van der Waals surface area contributed by atoms with Gasteiger partial charge in [0.25, 0.3) is 0 Å². The molecule has 2 N–H and O–H groups in total. The molecule has 1 aliphatic rings. The average Bonchev–Trinajstić information content (AvgIpc) is 2.28. The number of nitrogens with one attached hydrogen (secondary N) is 1. The number of piperazine rings is 1. The van der Waals surface area contributed by atoms with Crippen molar-refractivity contribution < 1.29 is 9.90 Å². The highest BCUT2D eigenvalue weighted by atomic mass is 16.3. The average molecular weight is 234 g/mol. The van der Waals surface area contributed by atoms with Crippen LogP contribution in [0.2, 0.25) is 0 Å². The summed E-state index contributed by atoms with van der Waals surface area (Å²) in [6.07, 6.45) is 0. The van der Waals surface area contributed by atoms with Gasteiger partial charge in [-0.1, -0.05) is 18.2 Å². The molecule has 0 unspecified atom stereocenters. The predicted molar refractivity (Wildman–Crippen MR) is 66.9 cm³/mol. The highest BCUT2D eigenvalue weighted by Gasteiger charge is 2.24. The fraction of sp³-hybridized carbons (Fsp3) is 0.462. The molecule has 1 aliphatic heterocycles. The number of carbonyl (C=O) groups is 1. The predicted octanol–water partition coefficient (Wildman–Crippen LogP) is 0.850. The molecule has 0 saturated carbocycles. The summed E-state index contributed by atoms with van der Waals surface area (Å²) in [4.78, 5) is 13.4. The topological polar surface area (TPSA) is 52.6 Å². The maximum Gasteiger partial charge on any atom is 0.239 e. The van der Waals surface area contributed by atoms with Crippen molar-refractivity contribution in [1.82, 2.24) is 5.32 Å². The molecule has 17 heavy (non-hydrogen) atoms. The number of para-hydroxylation sites is 1. The van der Waals surface area contributed by atoms with Crippen molar-refractivity contribution >= 4 is 11.6 Å². The molecule has 1 amide bonds. The van der Waals surface area contributed by atoms with E-state index in [2.05, 4.69) is 5.32 Å². The zero-order valence-corrected chi connectivity index (χ0v) is 10.2. The summed E-state index contributed by atoms with van der Waals surface area (Å²) in [5.41, 5.74) is 0.898. The van der Waals surface area contributed by atoms with E-state index in [1.165, 1.54) is 0 Å². The van der Waals surface area contributed by atoms with Gasteiger partial charge in [-0.05, 0) is 19.9 Å². The molecule has 1 aromatic carbocycles. The third-order valence-electron chi connectivity index (χ3n) is 2.94. The molecule has 1 saturated heterocycles. The van der Waals surface area contributed by atoms with E-state index in [0.717, 1.165) is 17.8 Å². The summed E-state index contributed by atoms with van der Waals surface area (Å²) < 4.78 is 0. The van der Waals surface area contributed by atoms with E-state index in [0.29, 0.717) is 13.1 Å². The van der Waals surface area contributed by atoms with Crippen molar-refractivity contribution in [3.8, 4) is 0 Å². The second-order valence-corrected chi connectivity index (χ2v) is 4.85. The van der Waals surface area contributed by atoms with Crippen LogP contribution in [0.5, 0.6) is 0 Å². The van der Waals surface area contributed by atoms with Gasteiger partial charge in [0.05, 0.1) is 12.1 Å². The minimum atomic E-state index is -0.898. The van der Waals surface area contributed by atoms with E-state index in [1.807, 2.05) is 29.2 Å². The SMILES string of the molecule is CC(C)(O)c1ccccc1N1CCNC(=O)C1. The Hall–Kier alpha value is -1.55. The molecule has 4 nitrogen and oxygen atoms in total. The van der Waals surface area contributed by atoms with Gasteiger partial charge in [-0.2, -0.15) is 0 Å². The number of amides is 1. The zero-order valence-electron chi connectivity index (χ0n) is 10.2. The van der Waals surface area contributed by atoms with E-state index < -0.39 is 5.60 Å². The van der Waals surface area contributed by atoms with Gasteiger partial charge in [0, 0.05) is 24.3 Å². The third-order valence-corrected chi connectivity index (χ3v) is 2.94. The first-order valence-electron chi connectivity index (χ1n) is 5.82. The maximum atomic E-state index is 11.4. The molecule has 0 atom stereocenters. The third kappa shape index (κ3) is 2.58. The second kappa shape index (κ2) is 4.37. The van der Waals surface area contributed by atoms with Crippen molar-refractivity contribution in [1.29, 1.82) is 0 Å². The molecule has 0 aliphatic carbocycles. The number of aliphatic hydroxyl groups is 1. The first-order chi connectivity index (χ1) is 7.98. The number of anilines is 1. The Bertz CT molecular complexity index is 424. The summed E-state index contributed by atoms with van der Waals surface area (Å²) in [5, 5.41) is 12.9. The zero-order chi connectivity index (χ0) is 12.5. The van der Waals surface area contributed by atoms with Gasteiger partial charge in [0.2, 0.25) is 5.91 Å². The maximum absolute atomic E-state index is 11.4. The van der Waals surface area contributed by atoms with E-state index in [-0.39, 0.29) is 5.91 Å². The van der Waals surface area contributed by atoms with Gasteiger partial charge in [-0.3, -0.25) is 4.79 Å². The van der Waals surface area contributed by atoms with Crippen LogP contribution in [0.15, 0.2) is 24.3 Å². The van der Waals surface area contributed by atoms with Crippen LogP contribution in [0.4, 0.5) is 5.69 Å². The van der Waals surface area contributed by atoms with Crippen LogP contribution in [-0.2, 0) is 10.4 Å². The molecule has 0 radical (unpaired) electrons. The molecule has 92 valence electrons. The van der Waals surface area contributed by atoms with Crippen molar-refractivity contribution in [2.24, 2.45) is 0 Å². The highest BCUT2D eigenvalue weighted by molar-refractivity contribution is 5.83. The van der Waals surface area contributed by atoms with Gasteiger partial charge in [0.1, 0.15) is 0 Å². The summed E-state index contributed by atoms with van der Waals surface area (Å²) in [6.45, 7) is 5.30. The minimum absolute atomic E-state index is 0.0294. The summed E-state index contributed by atoms with van der Waals surface area (Å²) in [5.74, 6) is 0.0294. The highest BCUT2D eigenvalue weighted by Crippen LogP contribution is 2.30. The van der Waals surface area contributed by atoms with Crippen LogP contribution in [-0.4, -0.2) is 30.6 Å². The normalized spacial score (nSPS) is 16.9. The molecule has 2 rings (SSSR count). The Balaban J connectivity index is 2.34. The number of nitrogens with zero attached hydrogens (tertiary/aromatic N) is 1. The smallest absolute Gasteiger partial charge is 0.239 e. The molecule has 0 bridgehead atoms. The Morgan fingerprint density at radius 2 is 2.06 bits per heavy atom. The van der Waals surface area contributed by atoms with Crippen LogP contribution < -0.4 is 10.2 Å². The lowest BCUT2D eigenvalue weighted by Gasteiger charge is -2.33. The Kier molecular flexibility index (Phi) is 3.07. The first-order valence-corrected chi connectivity index (χ1v) is 5.82. The largest absolute Gasteiger partial charge is 0.386 e. The van der Waals surface area contributed by atoms with Crippen molar-refractivity contribution in [3.05, 3.63) is 29.8 Å². The molecule has 1 fully saturated rings. The number of hydrogen-bond donors (Lipinski definition) is 2. The minimum Gasteiger partial charge on any atom is -0.386 e. The Morgan fingerprint density at radius 1 is 1.35 bits per heavy atom. The van der Waals surface area contributed by atoms with Crippen LogP contribution >= 0.6 is 0 Å². The summed E-state index contributed by atoms with van der Waals surface area (Å²) >= 11 is 0. The van der Waals surface area contributed by atoms with Crippen LogP contribution in [0, 0.1) is 0 Å². The Morgan fingerprint density at radius 3 is 2.71 bits per heavy atom. The lowest BCUT2D eigenvalue weighted by atomic mass is 9.95. The quantitative estimate of drug-likeness (QED) is 0.797. The molecule has 1 aromatic rings. The summed E-state index contributed by atoms with van der Waals surface area (Å²) in [7, 11) is 0. The van der Waals surface area contributed by atoms with E-state index in [9.17, 15) is 9.90 Å². The van der Waals surface area contributed by atoms with Gasteiger partial charge < -0.3 is 15.3 Å². The van der Waals surface area contributed by atoms with Crippen LogP contribution in [0.1, 0.15) is 19.4 Å². The fourth-order valence-electron chi connectivity index (χ4n) is 2.11. The fourth-order valence-corrected chi connectivity index (χ4v) is 2.11. The first kappa shape index (κ1) is 11.9. The molecule has 0 spiro atoms. The van der Waals surface area contributed by atoms with E-state index in [1.54, 1.807) is 13.8 Å². The summed E-state index contributed by atoms with van der Waals surface area (Å²) in [6, 6.07) is 7.69. The van der Waals surface area contributed by atoms with Gasteiger partial charge >= 0.3 is 0 Å². The lowest BCUT2D eigenvalue weighted by Crippen LogP contribution is -2.48. The number of carbonyl (C=O) groups excluding carboxylic acids is 1. The number of hydrogen-bond acceptors (Lipinski definition) is 3. The molecular formula is C13H18N2O2. The standard InChI is InChI=1S/C13H18N2O2/c1-13(2,17)10-5-3-4-6-11(10)15-8-7-14-12(16)9-15/h3-6,17H,7-9H2,1-2H3,(H,14,16). The van der Waals surface area contributed by atoms with Crippen LogP contribution in [0.3, 0.4) is 0 Å².